The van der Waals surface area contributed by atoms with Crippen molar-refractivity contribution in [3.63, 3.8) is 0 Å². The van der Waals surface area contributed by atoms with E-state index in [1.54, 1.807) is 18.2 Å². The number of nitrogens with one attached hydrogen (secondary N) is 2. The van der Waals surface area contributed by atoms with Crippen molar-refractivity contribution in [2.45, 2.75) is 36.4 Å². The molecule has 1 aliphatic rings. The summed E-state index contributed by atoms with van der Waals surface area (Å²) in [6.07, 6.45) is 0.441. The minimum absolute atomic E-state index is 0.306. The highest BCUT2D eigenvalue weighted by Gasteiger charge is 2.31. The summed E-state index contributed by atoms with van der Waals surface area (Å²) in [6, 6.07) is 9.24. The summed E-state index contributed by atoms with van der Waals surface area (Å²) in [5, 5.41) is 0.902. The molecule has 1 aromatic heterocycles. The standard InChI is InChI=1S/C21H22F3N3O2S/c1-27-9-3-5-17(27)10-14-13-25-20-8-7-16(12-19(14)20)26-30(28,29)18-6-2-4-15(11-18)21(22,23)24/h2,4,6-8,11-13,17,25-26H,3,5,9-10H2,1H3/t17-/m0/s1. The first-order valence-electron chi connectivity index (χ1n) is 9.64. The van der Waals surface area contributed by atoms with E-state index in [0.717, 1.165) is 60.5 Å². The normalized spacial score (nSPS) is 18.2. The molecule has 0 spiro atoms. The predicted octanol–water partition coefficient (Wildman–Crippen LogP) is 4.62. The van der Waals surface area contributed by atoms with E-state index in [4.69, 9.17) is 0 Å². The average molecular weight is 437 g/mol. The molecule has 0 saturated carbocycles. The molecular weight excluding hydrogens is 415 g/mol. The molecule has 2 heterocycles. The van der Waals surface area contributed by atoms with E-state index in [1.165, 1.54) is 0 Å². The Morgan fingerprint density at radius 2 is 2.00 bits per heavy atom. The maximum absolute atomic E-state index is 12.9. The van der Waals surface area contributed by atoms with Crippen LogP contribution in [0.5, 0.6) is 0 Å². The lowest BCUT2D eigenvalue weighted by Gasteiger charge is -2.18. The topological polar surface area (TPSA) is 65.2 Å². The van der Waals surface area contributed by atoms with Crippen LogP contribution in [0.15, 0.2) is 53.6 Å². The molecule has 5 nitrogen and oxygen atoms in total. The monoisotopic (exact) mass is 437 g/mol. The molecule has 0 aliphatic carbocycles. The minimum Gasteiger partial charge on any atom is -0.361 e. The van der Waals surface area contributed by atoms with Gasteiger partial charge in [0.25, 0.3) is 10.0 Å². The summed E-state index contributed by atoms with van der Waals surface area (Å²) >= 11 is 0. The van der Waals surface area contributed by atoms with Crippen LogP contribution in [0.3, 0.4) is 0 Å². The number of anilines is 1. The maximum atomic E-state index is 12.9. The molecule has 0 amide bonds. The van der Waals surface area contributed by atoms with Crippen molar-refractivity contribution in [2.75, 3.05) is 18.3 Å². The predicted molar refractivity (Wildman–Crippen MR) is 110 cm³/mol. The fourth-order valence-electron chi connectivity index (χ4n) is 3.96. The van der Waals surface area contributed by atoms with Gasteiger partial charge in [0.2, 0.25) is 0 Å². The molecule has 1 fully saturated rings. The molecule has 9 heteroatoms. The summed E-state index contributed by atoms with van der Waals surface area (Å²) in [6.45, 7) is 1.06. The maximum Gasteiger partial charge on any atom is 0.416 e. The number of sulfonamides is 1. The van der Waals surface area contributed by atoms with Crippen molar-refractivity contribution in [3.8, 4) is 0 Å². The number of rotatable bonds is 5. The van der Waals surface area contributed by atoms with Crippen LogP contribution in [0.2, 0.25) is 0 Å². The van der Waals surface area contributed by atoms with Gasteiger partial charge in [-0.2, -0.15) is 13.2 Å². The fourth-order valence-corrected chi connectivity index (χ4v) is 5.05. The molecule has 4 rings (SSSR count). The highest BCUT2D eigenvalue weighted by molar-refractivity contribution is 7.92. The van der Waals surface area contributed by atoms with E-state index in [9.17, 15) is 21.6 Å². The number of aromatic nitrogens is 1. The highest BCUT2D eigenvalue weighted by atomic mass is 32.2. The number of nitrogens with zero attached hydrogens (tertiary/aromatic N) is 1. The number of hydrogen-bond donors (Lipinski definition) is 2. The zero-order valence-electron chi connectivity index (χ0n) is 16.3. The lowest BCUT2D eigenvalue weighted by molar-refractivity contribution is -0.137. The number of halogens is 3. The second kappa shape index (κ2) is 7.63. The van der Waals surface area contributed by atoms with Crippen molar-refractivity contribution in [3.05, 3.63) is 59.8 Å². The number of benzene rings is 2. The lowest BCUT2D eigenvalue weighted by atomic mass is 10.0. The van der Waals surface area contributed by atoms with Gasteiger partial charge in [0.15, 0.2) is 0 Å². The van der Waals surface area contributed by atoms with Gasteiger partial charge in [-0.3, -0.25) is 4.72 Å². The molecule has 0 radical (unpaired) electrons. The third-order valence-electron chi connectivity index (χ3n) is 5.62. The van der Waals surface area contributed by atoms with Gasteiger partial charge in [-0.15, -0.1) is 0 Å². The largest absolute Gasteiger partial charge is 0.416 e. The zero-order chi connectivity index (χ0) is 21.5. The van der Waals surface area contributed by atoms with Crippen LogP contribution in [0.4, 0.5) is 18.9 Å². The van der Waals surface area contributed by atoms with E-state index in [1.807, 2.05) is 6.20 Å². The average Bonchev–Trinajstić information content (AvgIpc) is 3.27. The number of likely N-dealkylation sites (tertiary alicyclic amines) is 1. The molecule has 2 aromatic carbocycles. The second-order valence-corrected chi connectivity index (χ2v) is 9.37. The Kier molecular flexibility index (Phi) is 5.27. The fraction of sp³-hybridized carbons (Fsp3) is 0.333. The molecule has 30 heavy (non-hydrogen) atoms. The van der Waals surface area contributed by atoms with Crippen molar-refractivity contribution in [1.29, 1.82) is 0 Å². The van der Waals surface area contributed by atoms with Gasteiger partial charge in [-0.05, 0) is 74.8 Å². The molecule has 0 bridgehead atoms. The summed E-state index contributed by atoms with van der Waals surface area (Å²) in [4.78, 5) is 5.09. The van der Waals surface area contributed by atoms with Crippen LogP contribution in [-0.4, -0.2) is 37.9 Å². The number of aromatic amines is 1. The SMILES string of the molecule is CN1CCC[C@H]1Cc1c[nH]c2ccc(NS(=O)(=O)c3cccc(C(F)(F)F)c3)cc12. The molecule has 1 saturated heterocycles. The number of likely N-dealkylation sites (N-methyl/N-ethyl adjacent to an activating group) is 1. The Balaban J connectivity index is 1.61. The Morgan fingerprint density at radius 3 is 2.70 bits per heavy atom. The molecule has 160 valence electrons. The summed E-state index contributed by atoms with van der Waals surface area (Å²) in [7, 11) is -2.06. The van der Waals surface area contributed by atoms with Gasteiger partial charge in [-0.1, -0.05) is 6.07 Å². The molecule has 0 unspecified atom stereocenters. The zero-order valence-corrected chi connectivity index (χ0v) is 17.1. The second-order valence-electron chi connectivity index (χ2n) is 7.69. The van der Waals surface area contributed by atoms with Crippen LogP contribution >= 0.6 is 0 Å². The van der Waals surface area contributed by atoms with E-state index in [0.29, 0.717) is 17.8 Å². The minimum atomic E-state index is -4.61. The van der Waals surface area contributed by atoms with E-state index in [-0.39, 0.29) is 0 Å². The third kappa shape index (κ3) is 4.17. The summed E-state index contributed by atoms with van der Waals surface area (Å²) in [5.41, 5.74) is 1.27. The van der Waals surface area contributed by atoms with Gasteiger partial charge < -0.3 is 9.88 Å². The van der Waals surface area contributed by atoms with E-state index in [2.05, 4.69) is 21.7 Å². The van der Waals surface area contributed by atoms with Crippen LogP contribution in [0, 0.1) is 0 Å². The van der Waals surface area contributed by atoms with E-state index < -0.39 is 26.7 Å². The number of alkyl halides is 3. The Labute approximate surface area is 172 Å². The molecular formula is C21H22F3N3O2S. The first-order valence-corrected chi connectivity index (χ1v) is 11.1. The van der Waals surface area contributed by atoms with Gasteiger partial charge in [0, 0.05) is 28.8 Å². The van der Waals surface area contributed by atoms with E-state index >= 15 is 0 Å². The van der Waals surface area contributed by atoms with Crippen LogP contribution in [-0.2, 0) is 22.6 Å². The molecule has 3 aromatic rings. The van der Waals surface area contributed by atoms with Crippen molar-refractivity contribution >= 4 is 26.6 Å². The summed E-state index contributed by atoms with van der Waals surface area (Å²) < 4.78 is 66.6. The van der Waals surface area contributed by atoms with Gasteiger partial charge >= 0.3 is 6.18 Å². The van der Waals surface area contributed by atoms with Crippen molar-refractivity contribution in [1.82, 2.24) is 9.88 Å². The lowest BCUT2D eigenvalue weighted by Crippen LogP contribution is -2.26. The first kappa shape index (κ1) is 20.7. The number of fused-ring (bicyclic) bond motifs is 1. The highest BCUT2D eigenvalue weighted by Crippen LogP contribution is 2.31. The van der Waals surface area contributed by atoms with Gasteiger partial charge in [-0.25, -0.2) is 8.42 Å². The Bertz CT molecular complexity index is 1170. The molecule has 2 N–H and O–H groups in total. The number of hydrogen-bond acceptors (Lipinski definition) is 3. The van der Waals surface area contributed by atoms with Gasteiger partial charge in [0.05, 0.1) is 10.5 Å². The van der Waals surface area contributed by atoms with Crippen molar-refractivity contribution < 1.29 is 21.6 Å². The summed E-state index contributed by atoms with van der Waals surface area (Å²) in [5.74, 6) is 0. The third-order valence-corrected chi connectivity index (χ3v) is 7.00. The molecule has 1 aliphatic heterocycles. The quantitative estimate of drug-likeness (QED) is 0.612. The number of H-pyrrole nitrogens is 1. The van der Waals surface area contributed by atoms with Crippen LogP contribution < -0.4 is 4.72 Å². The van der Waals surface area contributed by atoms with Crippen LogP contribution in [0.25, 0.3) is 10.9 Å². The Hall–Kier alpha value is -2.52. The first-order chi connectivity index (χ1) is 14.1. The molecule has 1 atom stereocenters. The van der Waals surface area contributed by atoms with Crippen molar-refractivity contribution in [2.24, 2.45) is 0 Å². The smallest absolute Gasteiger partial charge is 0.361 e. The Morgan fingerprint density at radius 1 is 1.20 bits per heavy atom. The van der Waals surface area contributed by atoms with Crippen LogP contribution in [0.1, 0.15) is 24.0 Å². The van der Waals surface area contributed by atoms with Gasteiger partial charge in [0.1, 0.15) is 0 Å².